The van der Waals surface area contributed by atoms with Gasteiger partial charge in [-0.25, -0.2) is 0 Å². The monoisotopic (exact) mass is 951 g/mol. The molecule has 74 heavy (non-hydrogen) atoms. The minimum Gasteiger partial charge on any atom is -0.313 e. The normalized spacial score (nSPS) is 16.6. The third-order valence-electron chi connectivity index (χ3n) is 16.3. The van der Waals surface area contributed by atoms with Crippen LogP contribution in [0.3, 0.4) is 0 Å². The van der Waals surface area contributed by atoms with Crippen molar-refractivity contribution in [1.82, 2.24) is 0 Å². The summed E-state index contributed by atoms with van der Waals surface area (Å²) in [4.78, 5) is 2.64. The summed E-state index contributed by atoms with van der Waals surface area (Å²) in [6, 6.07) is 81.5. The van der Waals surface area contributed by atoms with E-state index < -0.39 is 5.41 Å². The molecule has 1 nitrogen and oxygen atoms in total. The van der Waals surface area contributed by atoms with Crippen LogP contribution in [0.5, 0.6) is 0 Å². The van der Waals surface area contributed by atoms with E-state index in [2.05, 4.69) is 277 Å². The lowest BCUT2D eigenvalue weighted by atomic mass is 9.68. The van der Waals surface area contributed by atoms with Crippen LogP contribution in [-0.4, -0.2) is 0 Å². The topological polar surface area (TPSA) is 3.24 Å². The van der Waals surface area contributed by atoms with Crippen molar-refractivity contribution in [3.8, 4) is 23.5 Å². The Hall–Kier alpha value is -8.44. The minimum absolute atomic E-state index is 0.0688. The van der Waals surface area contributed by atoms with Crippen molar-refractivity contribution in [2.75, 3.05) is 4.90 Å². The molecule has 358 valence electrons. The van der Waals surface area contributed by atoms with Gasteiger partial charge in [-0.1, -0.05) is 241 Å². The predicted octanol–water partition coefficient (Wildman–Crippen LogP) is 18.7. The highest BCUT2D eigenvalue weighted by atomic mass is 15.2. The van der Waals surface area contributed by atoms with Crippen molar-refractivity contribution < 1.29 is 0 Å². The van der Waals surface area contributed by atoms with E-state index in [4.69, 9.17) is 6.42 Å². The number of nitrogens with zero attached hydrogens (tertiary/aromatic N) is 1. The van der Waals surface area contributed by atoms with Crippen LogP contribution >= 0.6 is 0 Å². The number of hydrogen-bond acceptors (Lipinski definition) is 1. The van der Waals surface area contributed by atoms with Gasteiger partial charge in [-0.2, -0.15) is 0 Å². The summed E-state index contributed by atoms with van der Waals surface area (Å²) < 4.78 is 0. The molecule has 0 fully saturated rings. The lowest BCUT2D eigenvalue weighted by Gasteiger charge is -2.36. The Morgan fingerprint density at radius 2 is 1.16 bits per heavy atom. The molecule has 0 aromatic heterocycles. The molecule has 9 aromatic rings. The van der Waals surface area contributed by atoms with E-state index in [0.29, 0.717) is 0 Å². The SMILES string of the molecule is C#C/C=C1\C(=C(/C)c2c(N(C3=C(c4ccccc4)C=C(c4ccc(C(C)(C)C)cc4)CC3)c3ccc4c(c3)-c3ccccc3C4(c3ccccc3)c3ccccc3)ccc3ccccc23)C(C)(C)c2ccccc21. The molecule has 0 amide bonds. The number of hydrogen-bond donors (Lipinski definition) is 0. The summed E-state index contributed by atoms with van der Waals surface area (Å²) >= 11 is 0. The zero-order valence-corrected chi connectivity index (χ0v) is 43.4. The lowest BCUT2D eigenvalue weighted by molar-refractivity contribution is 0.590. The van der Waals surface area contributed by atoms with Gasteiger partial charge in [-0.15, -0.1) is 6.42 Å². The van der Waals surface area contributed by atoms with Crippen LogP contribution in [0.2, 0.25) is 0 Å². The molecule has 3 aliphatic rings. The predicted molar refractivity (Wildman–Crippen MR) is 314 cm³/mol. The van der Waals surface area contributed by atoms with Gasteiger partial charge in [0.05, 0.1) is 11.1 Å². The van der Waals surface area contributed by atoms with E-state index >= 15 is 0 Å². The second-order valence-electron chi connectivity index (χ2n) is 21.9. The molecule has 0 saturated carbocycles. The van der Waals surface area contributed by atoms with E-state index in [0.717, 1.165) is 29.8 Å². The third-order valence-corrected chi connectivity index (χ3v) is 16.3. The molecule has 0 saturated heterocycles. The van der Waals surface area contributed by atoms with Crippen LogP contribution in [0.1, 0.15) is 110 Å². The van der Waals surface area contributed by atoms with Crippen molar-refractivity contribution in [3.63, 3.8) is 0 Å². The number of anilines is 2. The molecular weight excluding hydrogens is 891 g/mol. The maximum atomic E-state index is 6.25. The number of rotatable bonds is 8. The molecular formula is C73H61N. The Morgan fingerprint density at radius 1 is 0.568 bits per heavy atom. The van der Waals surface area contributed by atoms with Crippen molar-refractivity contribution in [2.24, 2.45) is 0 Å². The molecule has 12 rings (SSSR count). The molecule has 0 unspecified atom stereocenters. The van der Waals surface area contributed by atoms with Crippen LogP contribution < -0.4 is 4.90 Å². The lowest BCUT2D eigenvalue weighted by Crippen LogP contribution is -2.28. The summed E-state index contributed by atoms with van der Waals surface area (Å²) in [5.74, 6) is 2.97. The maximum absolute atomic E-state index is 6.25. The molecule has 0 spiro atoms. The Balaban J connectivity index is 1.18. The first-order valence-electron chi connectivity index (χ1n) is 26.3. The zero-order valence-electron chi connectivity index (χ0n) is 43.4. The van der Waals surface area contributed by atoms with Gasteiger partial charge >= 0.3 is 0 Å². The van der Waals surface area contributed by atoms with Crippen LogP contribution in [-0.2, 0) is 16.2 Å². The first-order chi connectivity index (χ1) is 36.0. The van der Waals surface area contributed by atoms with Gasteiger partial charge in [0.2, 0.25) is 0 Å². The van der Waals surface area contributed by atoms with Crippen LogP contribution in [0.25, 0.3) is 44.2 Å². The van der Waals surface area contributed by atoms with Crippen molar-refractivity contribution in [3.05, 3.63) is 297 Å². The highest BCUT2D eigenvalue weighted by Crippen LogP contribution is 2.59. The summed E-state index contributed by atoms with van der Waals surface area (Å²) in [6.45, 7) is 13.9. The van der Waals surface area contributed by atoms with Crippen LogP contribution in [0, 0.1) is 12.3 Å². The van der Waals surface area contributed by atoms with E-state index in [1.165, 1.54) is 106 Å². The Bertz CT molecular complexity index is 3790. The number of terminal acetylenes is 1. The second-order valence-corrected chi connectivity index (χ2v) is 21.9. The van der Waals surface area contributed by atoms with Gasteiger partial charge in [0.1, 0.15) is 0 Å². The average Bonchev–Trinajstić information content (AvgIpc) is 3.88. The number of fused-ring (bicyclic) bond motifs is 5. The van der Waals surface area contributed by atoms with Gasteiger partial charge in [0.15, 0.2) is 0 Å². The van der Waals surface area contributed by atoms with Crippen molar-refractivity contribution in [1.29, 1.82) is 0 Å². The molecule has 0 aliphatic heterocycles. The fourth-order valence-corrected chi connectivity index (χ4v) is 13.0. The highest BCUT2D eigenvalue weighted by molar-refractivity contribution is 6.07. The molecule has 1 heteroatoms. The third kappa shape index (κ3) is 7.46. The minimum atomic E-state index is -0.519. The van der Waals surface area contributed by atoms with E-state index in [1.807, 2.05) is 6.08 Å². The average molecular weight is 952 g/mol. The van der Waals surface area contributed by atoms with E-state index in [9.17, 15) is 0 Å². The molecule has 0 atom stereocenters. The summed E-state index contributed by atoms with van der Waals surface area (Å²) in [5.41, 5.74) is 24.0. The standard InChI is InChI=1S/C73H61N/c1-8-24-61-59-33-20-22-35-64(59)72(6,7)70(61)49(2)69-58-32-19-18-27-52(58)39-46-68(69)74(67-45-40-53(47-62(67)51-25-12-9-13-26-51)50-37-41-54(42-38-50)71(3,4)5)57-43-44-66-63(48-57)60-34-21-23-36-65(60)73(66,55-28-14-10-15-29-55)56-30-16-11-17-31-56/h1,9-39,41-44,46-48H,40,45H2,2-7H3/b61-24-,70-49-. The Morgan fingerprint density at radius 3 is 1.84 bits per heavy atom. The molecule has 0 radical (unpaired) electrons. The molecule has 9 aromatic carbocycles. The zero-order chi connectivity index (χ0) is 50.8. The summed E-state index contributed by atoms with van der Waals surface area (Å²) in [6.07, 6.45) is 12.4. The van der Waals surface area contributed by atoms with Crippen molar-refractivity contribution >= 4 is 44.4 Å². The fourth-order valence-electron chi connectivity index (χ4n) is 13.0. The van der Waals surface area contributed by atoms with Crippen LogP contribution in [0.15, 0.2) is 242 Å². The highest BCUT2D eigenvalue weighted by Gasteiger charge is 2.46. The van der Waals surface area contributed by atoms with Gasteiger partial charge in [-0.05, 0) is 150 Å². The van der Waals surface area contributed by atoms with Gasteiger partial charge in [-0.3, -0.25) is 0 Å². The first-order valence-corrected chi connectivity index (χ1v) is 26.3. The van der Waals surface area contributed by atoms with Gasteiger partial charge in [0, 0.05) is 27.9 Å². The fraction of sp³-hybridized carbons (Fsp3) is 0.151. The van der Waals surface area contributed by atoms with Crippen LogP contribution in [0.4, 0.5) is 11.4 Å². The second kappa shape index (κ2) is 18.2. The smallest absolute Gasteiger partial charge is 0.0713 e. The number of allylic oxidation sites excluding steroid dienone is 8. The Kier molecular flexibility index (Phi) is 11.5. The van der Waals surface area contributed by atoms with E-state index in [-0.39, 0.29) is 10.8 Å². The summed E-state index contributed by atoms with van der Waals surface area (Å²) in [5, 5.41) is 2.40. The molecule has 0 N–H and O–H groups in total. The molecule has 3 aliphatic carbocycles. The largest absolute Gasteiger partial charge is 0.313 e. The molecule has 0 bridgehead atoms. The summed E-state index contributed by atoms with van der Waals surface area (Å²) in [7, 11) is 0. The first kappa shape index (κ1) is 46.6. The number of benzene rings is 9. The maximum Gasteiger partial charge on any atom is 0.0713 e. The van der Waals surface area contributed by atoms with Gasteiger partial charge < -0.3 is 4.90 Å². The van der Waals surface area contributed by atoms with Gasteiger partial charge in [0.25, 0.3) is 0 Å². The Labute approximate surface area is 438 Å². The quantitative estimate of drug-likeness (QED) is 0.137. The van der Waals surface area contributed by atoms with E-state index in [1.54, 1.807) is 0 Å². The molecule has 0 heterocycles. The van der Waals surface area contributed by atoms with Crippen molar-refractivity contribution in [2.45, 2.75) is 70.6 Å².